The smallest absolute Gasteiger partial charge is 0.343 e. The Morgan fingerprint density at radius 2 is 2.00 bits per heavy atom. The number of nitrogens with one attached hydrogen (secondary N) is 1. The monoisotopic (exact) mass is 224 g/mol. The van der Waals surface area contributed by atoms with Crippen molar-refractivity contribution in [1.29, 1.82) is 0 Å². The fraction of sp³-hybridized carbons (Fsp3) is 0.545. The Balaban J connectivity index is 3.21. The van der Waals surface area contributed by atoms with E-state index in [1.54, 1.807) is 0 Å². The van der Waals surface area contributed by atoms with Gasteiger partial charge >= 0.3 is 5.97 Å². The Hall–Kier alpha value is -1.65. The summed E-state index contributed by atoms with van der Waals surface area (Å²) in [5.74, 6) is -0.714. The van der Waals surface area contributed by atoms with Crippen molar-refractivity contribution >= 4 is 5.97 Å². The Kier molecular flexibility index (Phi) is 3.16. The molecule has 0 amide bonds. The average Bonchev–Trinajstić information content (AvgIpc) is 1.96. The minimum Gasteiger partial charge on any atom is -0.477 e. The largest absolute Gasteiger partial charge is 0.477 e. The molecule has 5 nitrogen and oxygen atoms in total. The van der Waals surface area contributed by atoms with Gasteiger partial charge in [-0.05, 0) is 12.3 Å². The van der Waals surface area contributed by atoms with E-state index in [2.05, 4.69) is 9.97 Å². The number of nitrogens with zero attached hydrogens (tertiary/aromatic N) is 1. The van der Waals surface area contributed by atoms with Crippen LogP contribution in [0.25, 0.3) is 0 Å². The standard InChI is InChI=1S/C11H16N2O3/c1-6-8(10(15)16)9(14)13-7(12-6)5-11(2,3)4/h5H2,1-4H3,(H,15,16)(H,12,13,14). The van der Waals surface area contributed by atoms with Crippen molar-refractivity contribution in [1.82, 2.24) is 9.97 Å². The van der Waals surface area contributed by atoms with Crippen LogP contribution in [0.4, 0.5) is 0 Å². The number of carboxylic acid groups (broad SMARTS) is 1. The van der Waals surface area contributed by atoms with E-state index < -0.39 is 11.5 Å². The lowest BCUT2D eigenvalue weighted by Crippen LogP contribution is -2.24. The fourth-order valence-corrected chi connectivity index (χ4v) is 1.48. The lowest BCUT2D eigenvalue weighted by molar-refractivity contribution is 0.0693. The summed E-state index contributed by atoms with van der Waals surface area (Å²) < 4.78 is 0. The molecule has 1 rings (SSSR count). The van der Waals surface area contributed by atoms with Gasteiger partial charge in [0.25, 0.3) is 5.56 Å². The van der Waals surface area contributed by atoms with Gasteiger partial charge in [0.1, 0.15) is 11.4 Å². The summed E-state index contributed by atoms with van der Waals surface area (Å²) in [6, 6.07) is 0. The van der Waals surface area contributed by atoms with E-state index in [0.717, 1.165) is 0 Å². The van der Waals surface area contributed by atoms with Gasteiger partial charge in [-0.25, -0.2) is 9.78 Å². The van der Waals surface area contributed by atoms with Crippen LogP contribution in [0.5, 0.6) is 0 Å². The zero-order valence-electron chi connectivity index (χ0n) is 9.92. The molecule has 5 heteroatoms. The second-order valence-corrected chi connectivity index (χ2v) is 5.02. The van der Waals surface area contributed by atoms with Gasteiger partial charge in [0.2, 0.25) is 0 Å². The van der Waals surface area contributed by atoms with Crippen molar-refractivity contribution in [2.75, 3.05) is 0 Å². The second-order valence-electron chi connectivity index (χ2n) is 5.02. The van der Waals surface area contributed by atoms with E-state index in [9.17, 15) is 9.59 Å². The van der Waals surface area contributed by atoms with Gasteiger partial charge in [0, 0.05) is 6.42 Å². The van der Waals surface area contributed by atoms with Crippen LogP contribution in [0, 0.1) is 12.3 Å². The van der Waals surface area contributed by atoms with Gasteiger partial charge in [0.05, 0.1) is 5.69 Å². The quantitative estimate of drug-likeness (QED) is 0.794. The zero-order chi connectivity index (χ0) is 12.5. The number of aromatic nitrogens is 2. The highest BCUT2D eigenvalue weighted by Crippen LogP contribution is 2.17. The first-order valence-corrected chi connectivity index (χ1v) is 5.04. The molecule has 0 aliphatic carbocycles. The second kappa shape index (κ2) is 4.08. The predicted octanol–water partition coefficient (Wildman–Crippen LogP) is 1.37. The van der Waals surface area contributed by atoms with Gasteiger partial charge in [-0.15, -0.1) is 0 Å². The number of H-pyrrole nitrogens is 1. The van der Waals surface area contributed by atoms with Crippen molar-refractivity contribution in [2.24, 2.45) is 5.41 Å². The summed E-state index contributed by atoms with van der Waals surface area (Å²) in [6.07, 6.45) is 0.600. The van der Waals surface area contributed by atoms with Gasteiger partial charge in [0.15, 0.2) is 0 Å². The SMILES string of the molecule is Cc1nc(CC(C)(C)C)[nH]c(=O)c1C(=O)O. The molecule has 0 radical (unpaired) electrons. The highest BCUT2D eigenvalue weighted by molar-refractivity contribution is 5.88. The molecule has 16 heavy (non-hydrogen) atoms. The van der Waals surface area contributed by atoms with Gasteiger partial charge in [-0.3, -0.25) is 4.79 Å². The number of aromatic amines is 1. The molecule has 0 unspecified atom stereocenters. The average molecular weight is 224 g/mol. The Morgan fingerprint density at radius 1 is 1.44 bits per heavy atom. The van der Waals surface area contributed by atoms with Crippen LogP contribution < -0.4 is 5.56 Å². The minimum atomic E-state index is -1.24. The molecule has 0 bridgehead atoms. The lowest BCUT2D eigenvalue weighted by atomic mass is 9.92. The Morgan fingerprint density at radius 3 is 2.38 bits per heavy atom. The van der Waals surface area contributed by atoms with Crippen LogP contribution in [-0.2, 0) is 6.42 Å². The van der Waals surface area contributed by atoms with Gasteiger partial charge in [-0.2, -0.15) is 0 Å². The molecule has 0 fully saturated rings. The van der Waals surface area contributed by atoms with Gasteiger partial charge in [-0.1, -0.05) is 20.8 Å². The first-order valence-electron chi connectivity index (χ1n) is 5.04. The summed E-state index contributed by atoms with van der Waals surface area (Å²) in [4.78, 5) is 28.9. The highest BCUT2D eigenvalue weighted by atomic mass is 16.4. The van der Waals surface area contributed by atoms with E-state index in [4.69, 9.17) is 5.11 Å². The maximum atomic E-state index is 11.5. The van der Waals surface area contributed by atoms with Crippen molar-refractivity contribution in [3.63, 3.8) is 0 Å². The molecule has 1 heterocycles. The van der Waals surface area contributed by atoms with Crippen LogP contribution in [0.15, 0.2) is 4.79 Å². The molecular weight excluding hydrogens is 208 g/mol. The van der Waals surface area contributed by atoms with Gasteiger partial charge < -0.3 is 10.1 Å². The van der Waals surface area contributed by atoms with Crippen molar-refractivity contribution in [3.8, 4) is 0 Å². The molecule has 1 aromatic rings. The molecule has 0 spiro atoms. The van der Waals surface area contributed by atoms with E-state index in [0.29, 0.717) is 12.2 Å². The molecule has 0 aliphatic heterocycles. The van der Waals surface area contributed by atoms with Crippen LogP contribution in [0.2, 0.25) is 0 Å². The maximum Gasteiger partial charge on any atom is 0.343 e. The van der Waals surface area contributed by atoms with Crippen molar-refractivity contribution < 1.29 is 9.90 Å². The zero-order valence-corrected chi connectivity index (χ0v) is 9.92. The Bertz CT molecular complexity index is 469. The first-order chi connectivity index (χ1) is 7.20. The molecule has 1 aromatic heterocycles. The first kappa shape index (κ1) is 12.4. The maximum absolute atomic E-state index is 11.5. The number of aryl methyl sites for hydroxylation is 1. The summed E-state index contributed by atoms with van der Waals surface area (Å²) >= 11 is 0. The third-order valence-corrected chi connectivity index (χ3v) is 2.06. The van der Waals surface area contributed by atoms with Crippen LogP contribution in [-0.4, -0.2) is 21.0 Å². The number of aromatic carboxylic acids is 1. The molecule has 88 valence electrons. The highest BCUT2D eigenvalue weighted by Gasteiger charge is 2.18. The third kappa shape index (κ3) is 2.92. The number of hydrogen-bond donors (Lipinski definition) is 2. The lowest BCUT2D eigenvalue weighted by Gasteiger charge is -2.17. The topological polar surface area (TPSA) is 83.0 Å². The summed E-state index contributed by atoms with van der Waals surface area (Å²) in [6.45, 7) is 7.60. The Labute approximate surface area is 93.5 Å². The minimum absolute atomic E-state index is 0.00683. The van der Waals surface area contributed by atoms with E-state index >= 15 is 0 Å². The molecule has 0 saturated heterocycles. The molecule has 2 N–H and O–H groups in total. The predicted molar refractivity (Wildman–Crippen MR) is 59.7 cm³/mol. The summed E-state index contributed by atoms with van der Waals surface area (Å²) in [5.41, 5.74) is -0.611. The van der Waals surface area contributed by atoms with E-state index in [-0.39, 0.29) is 16.7 Å². The molecule has 0 aliphatic rings. The van der Waals surface area contributed by atoms with Crippen molar-refractivity contribution in [2.45, 2.75) is 34.1 Å². The molecular formula is C11H16N2O3. The number of hydrogen-bond acceptors (Lipinski definition) is 3. The van der Waals surface area contributed by atoms with Crippen LogP contribution in [0.1, 0.15) is 42.6 Å². The number of rotatable bonds is 2. The molecule has 0 aromatic carbocycles. The summed E-state index contributed by atoms with van der Waals surface area (Å²) in [5, 5.41) is 8.81. The third-order valence-electron chi connectivity index (χ3n) is 2.06. The summed E-state index contributed by atoms with van der Waals surface area (Å²) in [7, 11) is 0. The fourth-order valence-electron chi connectivity index (χ4n) is 1.48. The molecule has 0 saturated carbocycles. The van der Waals surface area contributed by atoms with Crippen LogP contribution >= 0.6 is 0 Å². The number of carbonyl (C=O) groups is 1. The van der Waals surface area contributed by atoms with E-state index in [1.807, 2.05) is 20.8 Å². The van der Waals surface area contributed by atoms with Crippen LogP contribution in [0.3, 0.4) is 0 Å². The normalized spacial score (nSPS) is 11.5. The number of carboxylic acids is 1. The van der Waals surface area contributed by atoms with E-state index in [1.165, 1.54) is 6.92 Å². The molecule has 0 atom stereocenters. The van der Waals surface area contributed by atoms with Crippen molar-refractivity contribution in [3.05, 3.63) is 27.4 Å².